The van der Waals surface area contributed by atoms with Crippen LogP contribution < -0.4 is 9.73 Å². The Bertz CT molecular complexity index is 1600. The molecule has 0 saturated heterocycles. The van der Waals surface area contributed by atoms with Crippen LogP contribution >= 0.6 is 23.2 Å². The highest BCUT2D eigenvalue weighted by Crippen LogP contribution is 2.47. The lowest BCUT2D eigenvalue weighted by molar-refractivity contribution is -0.121. The lowest BCUT2D eigenvalue weighted by Gasteiger charge is -2.27. The molecule has 36 heavy (non-hydrogen) atoms. The number of nitrogens with one attached hydrogen (secondary N) is 1. The van der Waals surface area contributed by atoms with Gasteiger partial charge in [0, 0.05) is 23.7 Å². The van der Waals surface area contributed by atoms with Gasteiger partial charge < -0.3 is 0 Å². The number of rotatable bonds is 5. The molecule has 1 aliphatic heterocycles. The van der Waals surface area contributed by atoms with E-state index in [0.717, 1.165) is 5.56 Å². The van der Waals surface area contributed by atoms with Crippen molar-refractivity contribution < 1.29 is 13.2 Å². The van der Waals surface area contributed by atoms with E-state index in [1.165, 1.54) is 22.2 Å². The number of sulfonamides is 1. The predicted octanol–water partition coefficient (Wildman–Crippen LogP) is 4.81. The zero-order chi connectivity index (χ0) is 25.4. The van der Waals surface area contributed by atoms with Crippen LogP contribution in [0.2, 0.25) is 10.0 Å². The van der Waals surface area contributed by atoms with Crippen LogP contribution in [0.3, 0.4) is 0 Å². The van der Waals surface area contributed by atoms with Gasteiger partial charge in [0.15, 0.2) is 0 Å². The van der Waals surface area contributed by atoms with Gasteiger partial charge in [-0.2, -0.15) is 10.2 Å². The standard InChI is InChI=1S/C25H19Cl2N5O3S/c1-31-25-23(16-8-3-2-4-9-16)30-32(24(25)17-10-5-6-13-21(17)36(31,34)35)15-22(33)29-28-14-18-19(26)11-7-12-20(18)27/h2-14H,15H2,1H3,(H,29,33). The lowest BCUT2D eigenvalue weighted by Crippen LogP contribution is -2.31. The smallest absolute Gasteiger partial charge is 0.264 e. The molecule has 11 heteroatoms. The minimum absolute atomic E-state index is 0.146. The van der Waals surface area contributed by atoms with Crippen molar-refractivity contribution in [1.82, 2.24) is 15.2 Å². The Morgan fingerprint density at radius 3 is 2.39 bits per heavy atom. The Labute approximate surface area is 217 Å². The normalized spacial score (nSPS) is 13.9. The van der Waals surface area contributed by atoms with Crippen LogP contribution in [0.25, 0.3) is 22.5 Å². The quantitative estimate of drug-likeness (QED) is 0.290. The molecule has 0 atom stereocenters. The Morgan fingerprint density at radius 1 is 1.00 bits per heavy atom. The fourth-order valence-corrected chi connectivity index (χ4v) is 5.95. The number of hydrazone groups is 1. The first-order valence-corrected chi connectivity index (χ1v) is 13.0. The number of benzene rings is 3. The first kappa shape index (κ1) is 24.1. The molecule has 1 aliphatic rings. The van der Waals surface area contributed by atoms with Crippen molar-refractivity contribution >= 4 is 51.0 Å². The summed E-state index contributed by atoms with van der Waals surface area (Å²) < 4.78 is 29.3. The van der Waals surface area contributed by atoms with Crippen molar-refractivity contribution in [2.45, 2.75) is 11.4 Å². The van der Waals surface area contributed by atoms with Crippen molar-refractivity contribution in [3.05, 3.63) is 88.4 Å². The molecular formula is C25H19Cl2N5O3S. The van der Waals surface area contributed by atoms with Gasteiger partial charge in [-0.1, -0.05) is 77.8 Å². The first-order valence-electron chi connectivity index (χ1n) is 10.8. The molecule has 1 aromatic heterocycles. The number of carbonyl (C=O) groups is 1. The van der Waals surface area contributed by atoms with Gasteiger partial charge in [0.2, 0.25) is 0 Å². The maximum atomic E-state index is 13.3. The SMILES string of the molecule is CN1c2c(-c3ccccc3)nn(CC(=O)NN=Cc3c(Cl)cccc3Cl)c2-c2ccccc2S1(=O)=O. The molecule has 4 aromatic rings. The summed E-state index contributed by atoms with van der Waals surface area (Å²) in [5, 5.41) is 9.44. The van der Waals surface area contributed by atoms with Gasteiger partial charge in [0.1, 0.15) is 17.9 Å². The summed E-state index contributed by atoms with van der Waals surface area (Å²) in [5.41, 5.74) is 5.51. The van der Waals surface area contributed by atoms with Gasteiger partial charge in [-0.15, -0.1) is 0 Å². The largest absolute Gasteiger partial charge is 0.271 e. The van der Waals surface area contributed by atoms with E-state index in [4.69, 9.17) is 23.2 Å². The van der Waals surface area contributed by atoms with Crippen molar-refractivity contribution in [2.24, 2.45) is 5.10 Å². The molecule has 0 bridgehead atoms. The number of hydrogen-bond acceptors (Lipinski definition) is 5. The molecule has 2 heterocycles. The highest BCUT2D eigenvalue weighted by molar-refractivity contribution is 7.93. The zero-order valence-corrected chi connectivity index (χ0v) is 21.2. The van der Waals surface area contributed by atoms with E-state index >= 15 is 0 Å². The molecule has 0 saturated carbocycles. The van der Waals surface area contributed by atoms with Crippen LogP contribution in [0.4, 0.5) is 5.69 Å². The highest BCUT2D eigenvalue weighted by Gasteiger charge is 2.38. The van der Waals surface area contributed by atoms with Gasteiger partial charge in [-0.3, -0.25) is 13.8 Å². The summed E-state index contributed by atoms with van der Waals surface area (Å²) in [6.07, 6.45) is 1.37. The Kier molecular flexibility index (Phi) is 6.29. The molecule has 0 radical (unpaired) electrons. The van der Waals surface area contributed by atoms with Crippen molar-refractivity contribution in [3.63, 3.8) is 0 Å². The summed E-state index contributed by atoms with van der Waals surface area (Å²) in [6, 6.07) is 20.9. The molecule has 182 valence electrons. The van der Waals surface area contributed by atoms with E-state index in [-0.39, 0.29) is 11.4 Å². The van der Waals surface area contributed by atoms with Gasteiger partial charge in [-0.05, 0) is 18.2 Å². The van der Waals surface area contributed by atoms with E-state index in [9.17, 15) is 13.2 Å². The molecule has 1 amide bonds. The van der Waals surface area contributed by atoms with Crippen LogP contribution in [0.1, 0.15) is 5.56 Å². The Morgan fingerprint density at radius 2 is 1.67 bits per heavy atom. The average molecular weight is 540 g/mol. The average Bonchev–Trinajstić information content (AvgIpc) is 3.24. The number of fused-ring (bicyclic) bond motifs is 3. The Balaban J connectivity index is 1.55. The number of carbonyl (C=O) groups excluding carboxylic acids is 1. The summed E-state index contributed by atoms with van der Waals surface area (Å²) in [7, 11) is -2.32. The van der Waals surface area contributed by atoms with Crippen molar-refractivity contribution in [2.75, 3.05) is 11.4 Å². The fourth-order valence-electron chi connectivity index (χ4n) is 4.05. The lowest BCUT2D eigenvalue weighted by atomic mass is 10.1. The molecule has 8 nitrogen and oxygen atoms in total. The fraction of sp³-hybridized carbons (Fsp3) is 0.0800. The van der Waals surface area contributed by atoms with Gasteiger partial charge in [0.05, 0.1) is 26.8 Å². The van der Waals surface area contributed by atoms with E-state index in [0.29, 0.717) is 38.2 Å². The molecule has 0 aliphatic carbocycles. The summed E-state index contributed by atoms with van der Waals surface area (Å²) in [4.78, 5) is 13.0. The third-order valence-corrected chi connectivity index (χ3v) is 8.22. The summed E-state index contributed by atoms with van der Waals surface area (Å²) in [5.74, 6) is -0.465. The minimum Gasteiger partial charge on any atom is -0.271 e. The van der Waals surface area contributed by atoms with Crippen LogP contribution in [0.5, 0.6) is 0 Å². The topological polar surface area (TPSA) is 96.7 Å². The molecular weight excluding hydrogens is 521 g/mol. The molecule has 5 rings (SSSR count). The number of anilines is 1. The highest BCUT2D eigenvalue weighted by atomic mass is 35.5. The van der Waals surface area contributed by atoms with Crippen LogP contribution in [0.15, 0.2) is 82.8 Å². The van der Waals surface area contributed by atoms with E-state index in [1.54, 1.807) is 42.5 Å². The molecule has 3 aromatic carbocycles. The van der Waals surface area contributed by atoms with E-state index in [1.807, 2.05) is 30.3 Å². The van der Waals surface area contributed by atoms with E-state index < -0.39 is 15.9 Å². The van der Waals surface area contributed by atoms with Gasteiger partial charge in [-0.25, -0.2) is 13.8 Å². The summed E-state index contributed by atoms with van der Waals surface area (Å²) in [6.45, 7) is -0.203. The predicted molar refractivity (Wildman–Crippen MR) is 141 cm³/mol. The van der Waals surface area contributed by atoms with Crippen LogP contribution in [0, 0.1) is 0 Å². The van der Waals surface area contributed by atoms with E-state index in [2.05, 4.69) is 15.6 Å². The first-order chi connectivity index (χ1) is 17.3. The number of nitrogens with zero attached hydrogens (tertiary/aromatic N) is 4. The number of hydrogen-bond donors (Lipinski definition) is 1. The van der Waals surface area contributed by atoms with Gasteiger partial charge >= 0.3 is 0 Å². The second kappa shape index (κ2) is 9.42. The number of aromatic nitrogens is 2. The van der Waals surface area contributed by atoms with Crippen LogP contribution in [-0.4, -0.2) is 37.4 Å². The second-order valence-corrected chi connectivity index (χ2v) is 10.7. The van der Waals surface area contributed by atoms with Crippen molar-refractivity contribution in [3.8, 4) is 22.5 Å². The maximum Gasteiger partial charge on any atom is 0.264 e. The van der Waals surface area contributed by atoms with Crippen molar-refractivity contribution in [1.29, 1.82) is 0 Å². The molecule has 0 fully saturated rings. The second-order valence-electron chi connectivity index (χ2n) is 7.97. The number of amides is 1. The van der Waals surface area contributed by atoms with Crippen LogP contribution in [-0.2, 0) is 21.4 Å². The van der Waals surface area contributed by atoms with Gasteiger partial charge in [0.25, 0.3) is 15.9 Å². The maximum absolute atomic E-state index is 13.3. The Hall–Kier alpha value is -3.66. The third kappa shape index (κ3) is 4.15. The zero-order valence-electron chi connectivity index (χ0n) is 18.9. The molecule has 0 unspecified atom stereocenters. The summed E-state index contributed by atoms with van der Waals surface area (Å²) >= 11 is 12.3. The number of halogens is 2. The monoisotopic (exact) mass is 539 g/mol. The molecule has 0 spiro atoms. The third-order valence-electron chi connectivity index (χ3n) is 5.75. The molecule has 1 N–H and O–H groups in total. The minimum atomic E-state index is -3.80.